The van der Waals surface area contributed by atoms with E-state index < -0.39 is 5.91 Å². The summed E-state index contributed by atoms with van der Waals surface area (Å²) in [4.78, 5) is 51.4. The number of nitrogens with one attached hydrogen (secondary N) is 2. The van der Waals surface area contributed by atoms with Crippen molar-refractivity contribution in [1.82, 2.24) is 20.4 Å². The van der Waals surface area contributed by atoms with Crippen molar-refractivity contribution < 1.29 is 19.2 Å². The fourth-order valence-electron chi connectivity index (χ4n) is 3.43. The molecule has 2 aliphatic rings. The van der Waals surface area contributed by atoms with Crippen LogP contribution in [0.15, 0.2) is 18.2 Å². The van der Waals surface area contributed by atoms with Crippen LogP contribution >= 0.6 is 0 Å². The molecular formula is C18H22N4O4. The third-order valence-electron chi connectivity index (χ3n) is 4.62. The topological polar surface area (TPSA) is 98.8 Å². The Labute approximate surface area is 151 Å². The van der Waals surface area contributed by atoms with E-state index in [-0.39, 0.29) is 30.3 Å². The van der Waals surface area contributed by atoms with Gasteiger partial charge in [-0.1, -0.05) is 12.1 Å². The van der Waals surface area contributed by atoms with E-state index in [2.05, 4.69) is 10.6 Å². The van der Waals surface area contributed by atoms with Crippen LogP contribution in [0, 0.1) is 0 Å². The van der Waals surface area contributed by atoms with E-state index in [0.717, 1.165) is 11.1 Å². The van der Waals surface area contributed by atoms with E-state index in [9.17, 15) is 19.2 Å². The Morgan fingerprint density at radius 3 is 2.73 bits per heavy atom. The van der Waals surface area contributed by atoms with E-state index in [1.807, 2.05) is 11.0 Å². The maximum absolute atomic E-state index is 12.5. The third-order valence-corrected chi connectivity index (χ3v) is 4.62. The van der Waals surface area contributed by atoms with Crippen LogP contribution in [0.3, 0.4) is 0 Å². The number of hydrogen-bond donors (Lipinski definition) is 2. The van der Waals surface area contributed by atoms with Crippen LogP contribution < -0.4 is 10.6 Å². The number of likely N-dealkylation sites (N-methyl/N-ethyl adjacent to an activating group) is 1. The fraction of sp³-hybridized carbons (Fsp3) is 0.444. The van der Waals surface area contributed by atoms with Gasteiger partial charge in [-0.25, -0.2) is 0 Å². The molecule has 2 aliphatic heterocycles. The predicted molar refractivity (Wildman–Crippen MR) is 92.9 cm³/mol. The lowest BCUT2D eigenvalue weighted by molar-refractivity contribution is -0.137. The normalized spacial score (nSPS) is 20.0. The molecule has 0 bridgehead atoms. The molecule has 138 valence electrons. The Bertz CT molecular complexity index is 774. The summed E-state index contributed by atoms with van der Waals surface area (Å²) in [5.74, 6) is -1.33. The van der Waals surface area contributed by atoms with Gasteiger partial charge in [0, 0.05) is 25.1 Å². The molecule has 0 aromatic heterocycles. The zero-order chi connectivity index (χ0) is 18.8. The summed E-state index contributed by atoms with van der Waals surface area (Å²) in [5.41, 5.74) is 2.24. The SMILES string of the molecule is CN(C)CC(=O)NC(=O)c1cccc2c1CN(C1CCC(=O)NC1=O)C2. The largest absolute Gasteiger partial charge is 0.301 e. The number of hydrogen-bond acceptors (Lipinski definition) is 6. The lowest BCUT2D eigenvalue weighted by atomic mass is 10.0. The Morgan fingerprint density at radius 1 is 1.27 bits per heavy atom. The molecule has 1 unspecified atom stereocenters. The lowest BCUT2D eigenvalue weighted by Crippen LogP contribution is -2.50. The van der Waals surface area contributed by atoms with Gasteiger partial charge in [0.25, 0.3) is 5.91 Å². The highest BCUT2D eigenvalue weighted by Crippen LogP contribution is 2.29. The Hall–Kier alpha value is -2.58. The number of benzene rings is 1. The van der Waals surface area contributed by atoms with Crippen LogP contribution in [0.1, 0.15) is 34.3 Å². The molecule has 8 heteroatoms. The number of carbonyl (C=O) groups is 4. The second-order valence-corrected chi connectivity index (χ2v) is 6.93. The number of amides is 4. The van der Waals surface area contributed by atoms with E-state index in [1.54, 1.807) is 31.1 Å². The highest BCUT2D eigenvalue weighted by Gasteiger charge is 2.36. The number of piperidine rings is 1. The van der Waals surface area contributed by atoms with Gasteiger partial charge in [-0.15, -0.1) is 0 Å². The van der Waals surface area contributed by atoms with Gasteiger partial charge in [0.1, 0.15) is 0 Å². The molecule has 4 amide bonds. The molecule has 1 saturated heterocycles. The van der Waals surface area contributed by atoms with Crippen molar-refractivity contribution in [3.63, 3.8) is 0 Å². The van der Waals surface area contributed by atoms with Gasteiger partial charge in [0.05, 0.1) is 12.6 Å². The molecule has 0 radical (unpaired) electrons. The molecule has 1 fully saturated rings. The fourth-order valence-corrected chi connectivity index (χ4v) is 3.43. The van der Waals surface area contributed by atoms with Crippen LogP contribution in [0.2, 0.25) is 0 Å². The molecular weight excluding hydrogens is 336 g/mol. The van der Waals surface area contributed by atoms with Gasteiger partial charge in [0.15, 0.2) is 0 Å². The van der Waals surface area contributed by atoms with Crippen molar-refractivity contribution in [3.05, 3.63) is 34.9 Å². The Morgan fingerprint density at radius 2 is 2.04 bits per heavy atom. The van der Waals surface area contributed by atoms with Crippen LogP contribution in [0.25, 0.3) is 0 Å². The van der Waals surface area contributed by atoms with E-state index in [4.69, 9.17) is 0 Å². The zero-order valence-electron chi connectivity index (χ0n) is 14.9. The van der Waals surface area contributed by atoms with E-state index in [1.165, 1.54) is 0 Å². The van der Waals surface area contributed by atoms with Gasteiger partial charge in [-0.05, 0) is 37.7 Å². The van der Waals surface area contributed by atoms with Crippen molar-refractivity contribution in [2.45, 2.75) is 32.0 Å². The molecule has 3 rings (SSSR count). The number of carbonyl (C=O) groups excluding carboxylic acids is 4. The molecule has 26 heavy (non-hydrogen) atoms. The molecule has 0 saturated carbocycles. The molecule has 2 heterocycles. The predicted octanol–water partition coefficient (Wildman–Crippen LogP) is -0.375. The summed E-state index contributed by atoms with van der Waals surface area (Å²) in [6, 6.07) is 4.99. The van der Waals surface area contributed by atoms with E-state index in [0.29, 0.717) is 31.5 Å². The molecule has 1 aromatic carbocycles. The second kappa shape index (κ2) is 7.35. The summed E-state index contributed by atoms with van der Waals surface area (Å²) < 4.78 is 0. The summed E-state index contributed by atoms with van der Waals surface area (Å²) in [7, 11) is 3.50. The minimum atomic E-state index is -0.432. The van der Waals surface area contributed by atoms with Crippen molar-refractivity contribution in [2.24, 2.45) is 0 Å². The second-order valence-electron chi connectivity index (χ2n) is 6.93. The van der Waals surface area contributed by atoms with Gasteiger partial charge in [0.2, 0.25) is 17.7 Å². The smallest absolute Gasteiger partial charge is 0.258 e. The molecule has 1 aromatic rings. The highest BCUT2D eigenvalue weighted by atomic mass is 16.2. The number of rotatable bonds is 4. The first kappa shape index (κ1) is 18.2. The zero-order valence-corrected chi connectivity index (χ0v) is 14.9. The van der Waals surface area contributed by atoms with Crippen molar-refractivity contribution >= 4 is 23.6 Å². The van der Waals surface area contributed by atoms with Gasteiger partial charge in [-0.3, -0.25) is 34.7 Å². The maximum Gasteiger partial charge on any atom is 0.258 e. The quantitative estimate of drug-likeness (QED) is 0.713. The van der Waals surface area contributed by atoms with Gasteiger partial charge < -0.3 is 4.90 Å². The van der Waals surface area contributed by atoms with Crippen LogP contribution in [-0.4, -0.2) is 60.1 Å². The van der Waals surface area contributed by atoms with Crippen molar-refractivity contribution in [2.75, 3.05) is 20.6 Å². The molecule has 0 spiro atoms. The summed E-state index contributed by atoms with van der Waals surface area (Å²) >= 11 is 0. The monoisotopic (exact) mass is 358 g/mol. The van der Waals surface area contributed by atoms with Gasteiger partial charge in [-0.2, -0.15) is 0 Å². The van der Waals surface area contributed by atoms with E-state index >= 15 is 0 Å². The first-order valence-electron chi connectivity index (χ1n) is 8.52. The standard InChI is InChI=1S/C18H22N4O4/c1-21(2)10-16(24)20-17(25)12-5-3-4-11-8-22(9-13(11)12)14-6-7-15(23)19-18(14)26/h3-5,14H,6-10H2,1-2H3,(H,19,23,26)(H,20,24,25). The van der Waals surface area contributed by atoms with Crippen LogP contribution in [0.5, 0.6) is 0 Å². The number of fused-ring (bicyclic) bond motifs is 1. The highest BCUT2D eigenvalue weighted by molar-refractivity contribution is 6.06. The first-order chi connectivity index (χ1) is 12.3. The third kappa shape index (κ3) is 3.81. The molecule has 0 aliphatic carbocycles. The average Bonchev–Trinajstić information content (AvgIpc) is 2.97. The van der Waals surface area contributed by atoms with Gasteiger partial charge >= 0.3 is 0 Å². The maximum atomic E-state index is 12.5. The van der Waals surface area contributed by atoms with Crippen molar-refractivity contribution in [3.8, 4) is 0 Å². The van der Waals surface area contributed by atoms with Crippen LogP contribution in [-0.2, 0) is 27.5 Å². The first-order valence-corrected chi connectivity index (χ1v) is 8.52. The molecule has 1 atom stereocenters. The van der Waals surface area contributed by atoms with Crippen LogP contribution in [0.4, 0.5) is 0 Å². The summed E-state index contributed by atoms with van der Waals surface area (Å²) in [5, 5.41) is 4.77. The summed E-state index contributed by atoms with van der Waals surface area (Å²) in [6.07, 6.45) is 0.789. The molecule has 8 nitrogen and oxygen atoms in total. The lowest BCUT2D eigenvalue weighted by Gasteiger charge is -2.29. The minimum Gasteiger partial charge on any atom is -0.301 e. The Balaban J connectivity index is 1.74. The Kier molecular flexibility index (Phi) is 5.15. The number of imide groups is 2. The molecule has 2 N–H and O–H groups in total. The minimum absolute atomic E-state index is 0.128. The average molecular weight is 358 g/mol. The summed E-state index contributed by atoms with van der Waals surface area (Å²) in [6.45, 7) is 1.10. The van der Waals surface area contributed by atoms with Crippen molar-refractivity contribution in [1.29, 1.82) is 0 Å². The number of nitrogens with zero attached hydrogens (tertiary/aromatic N) is 2.